The summed E-state index contributed by atoms with van der Waals surface area (Å²) in [4.78, 5) is 17.6. The molecule has 7 heteroatoms. The highest BCUT2D eigenvalue weighted by molar-refractivity contribution is 5.85. The molecular formula is C23H19N3O4. The van der Waals surface area contributed by atoms with Gasteiger partial charge in [-0.25, -0.2) is 4.98 Å². The Hall–Kier alpha value is -4.13. The number of aromatic hydroxyl groups is 1. The fourth-order valence-electron chi connectivity index (χ4n) is 2.97. The Bertz CT molecular complexity index is 1270. The number of methoxy groups -OCH3 is 1. The van der Waals surface area contributed by atoms with Crippen molar-refractivity contribution in [1.82, 2.24) is 9.66 Å². The van der Waals surface area contributed by atoms with Gasteiger partial charge in [-0.15, -0.1) is 0 Å². The molecule has 30 heavy (non-hydrogen) atoms. The Labute approximate surface area is 172 Å². The summed E-state index contributed by atoms with van der Waals surface area (Å²) in [6.07, 6.45) is 1.39. The highest BCUT2D eigenvalue weighted by Gasteiger charge is 2.12. The van der Waals surface area contributed by atoms with Crippen molar-refractivity contribution in [3.8, 4) is 17.2 Å². The Morgan fingerprint density at radius 2 is 1.80 bits per heavy atom. The van der Waals surface area contributed by atoms with Crippen molar-refractivity contribution in [3.63, 3.8) is 0 Å². The van der Waals surface area contributed by atoms with E-state index < -0.39 is 0 Å². The molecule has 4 aromatic rings. The van der Waals surface area contributed by atoms with E-state index >= 15 is 0 Å². The lowest BCUT2D eigenvalue weighted by Gasteiger charge is -2.11. The number of para-hydroxylation sites is 3. The summed E-state index contributed by atoms with van der Waals surface area (Å²) in [6, 6.07) is 21.3. The number of benzene rings is 3. The Balaban J connectivity index is 1.77. The maximum absolute atomic E-state index is 13.1. The summed E-state index contributed by atoms with van der Waals surface area (Å²) in [5.74, 6) is 1.24. The van der Waals surface area contributed by atoms with Crippen molar-refractivity contribution in [2.75, 3.05) is 7.11 Å². The molecule has 0 fully saturated rings. The summed E-state index contributed by atoms with van der Waals surface area (Å²) in [5, 5.41) is 15.0. The predicted molar refractivity (Wildman–Crippen MR) is 114 cm³/mol. The Morgan fingerprint density at radius 3 is 2.60 bits per heavy atom. The molecule has 0 radical (unpaired) electrons. The molecule has 0 spiro atoms. The van der Waals surface area contributed by atoms with Gasteiger partial charge in [-0.05, 0) is 36.4 Å². The number of fused-ring (bicyclic) bond motifs is 1. The molecule has 0 amide bonds. The zero-order valence-corrected chi connectivity index (χ0v) is 16.2. The van der Waals surface area contributed by atoms with E-state index in [9.17, 15) is 9.90 Å². The van der Waals surface area contributed by atoms with Gasteiger partial charge in [0.15, 0.2) is 17.3 Å². The van der Waals surface area contributed by atoms with E-state index in [1.807, 2.05) is 36.4 Å². The van der Waals surface area contributed by atoms with Gasteiger partial charge in [0, 0.05) is 5.56 Å². The zero-order chi connectivity index (χ0) is 20.9. The van der Waals surface area contributed by atoms with E-state index in [2.05, 4.69) is 10.1 Å². The number of aromatic nitrogens is 2. The Kier molecular flexibility index (Phi) is 5.43. The number of ether oxygens (including phenoxy) is 2. The second-order valence-electron chi connectivity index (χ2n) is 6.41. The van der Waals surface area contributed by atoms with Crippen molar-refractivity contribution in [2.24, 2.45) is 5.10 Å². The van der Waals surface area contributed by atoms with E-state index in [0.29, 0.717) is 33.8 Å². The average Bonchev–Trinajstić information content (AvgIpc) is 2.79. The van der Waals surface area contributed by atoms with Crippen LogP contribution in [0.2, 0.25) is 0 Å². The smallest absolute Gasteiger partial charge is 0.282 e. The third kappa shape index (κ3) is 3.86. The van der Waals surface area contributed by atoms with Gasteiger partial charge in [0.05, 0.1) is 24.2 Å². The van der Waals surface area contributed by atoms with Gasteiger partial charge in [0.2, 0.25) is 0 Å². The third-order valence-electron chi connectivity index (χ3n) is 4.49. The topological polar surface area (TPSA) is 85.9 Å². The molecule has 0 saturated heterocycles. The first-order valence-corrected chi connectivity index (χ1v) is 9.26. The van der Waals surface area contributed by atoms with E-state index in [-0.39, 0.29) is 17.9 Å². The molecule has 1 N–H and O–H groups in total. The quantitative estimate of drug-likeness (QED) is 0.499. The summed E-state index contributed by atoms with van der Waals surface area (Å²) in [6.45, 7) is 0.0471. The van der Waals surface area contributed by atoms with Crippen LogP contribution in [0.1, 0.15) is 11.4 Å². The van der Waals surface area contributed by atoms with E-state index in [4.69, 9.17) is 9.47 Å². The van der Waals surface area contributed by atoms with Crippen LogP contribution in [0.15, 0.2) is 82.7 Å². The first kappa shape index (κ1) is 19.2. The second kappa shape index (κ2) is 8.48. The standard InChI is InChI=1S/C23H19N3O4/c1-29-20-13-7-8-16(22(20)27)14-24-26-21(15-30-17-9-3-2-4-10-17)25-19-12-6-5-11-18(19)23(26)28/h2-14,27H,15H2,1H3/b24-14-. The van der Waals surface area contributed by atoms with Crippen LogP contribution in [0.4, 0.5) is 0 Å². The first-order chi connectivity index (χ1) is 14.7. The molecule has 0 unspecified atom stereocenters. The van der Waals surface area contributed by atoms with Gasteiger partial charge in [-0.3, -0.25) is 4.79 Å². The fourth-order valence-corrected chi connectivity index (χ4v) is 2.97. The van der Waals surface area contributed by atoms with Gasteiger partial charge in [-0.1, -0.05) is 36.4 Å². The first-order valence-electron chi connectivity index (χ1n) is 9.26. The van der Waals surface area contributed by atoms with Crippen molar-refractivity contribution in [1.29, 1.82) is 0 Å². The van der Waals surface area contributed by atoms with Crippen LogP contribution in [0.3, 0.4) is 0 Å². The van der Waals surface area contributed by atoms with Gasteiger partial charge in [-0.2, -0.15) is 9.78 Å². The number of rotatable bonds is 6. The normalized spacial score (nSPS) is 11.1. The zero-order valence-electron chi connectivity index (χ0n) is 16.2. The summed E-state index contributed by atoms with van der Waals surface area (Å²) < 4.78 is 12.1. The lowest BCUT2D eigenvalue weighted by molar-refractivity contribution is 0.289. The monoisotopic (exact) mass is 401 g/mol. The lowest BCUT2D eigenvalue weighted by Crippen LogP contribution is -2.23. The van der Waals surface area contributed by atoms with E-state index in [0.717, 1.165) is 0 Å². The van der Waals surface area contributed by atoms with Crippen LogP contribution >= 0.6 is 0 Å². The van der Waals surface area contributed by atoms with Gasteiger partial charge in [0.1, 0.15) is 12.4 Å². The minimum Gasteiger partial charge on any atom is -0.504 e. The highest BCUT2D eigenvalue weighted by Crippen LogP contribution is 2.28. The predicted octanol–water partition coefficient (Wildman–Crippen LogP) is 3.57. The summed E-state index contributed by atoms with van der Waals surface area (Å²) in [5.41, 5.74) is 0.639. The minimum absolute atomic E-state index is 0.0471. The van der Waals surface area contributed by atoms with Gasteiger partial charge >= 0.3 is 0 Å². The molecular weight excluding hydrogens is 382 g/mol. The van der Waals surface area contributed by atoms with Crippen LogP contribution in [-0.2, 0) is 6.61 Å². The highest BCUT2D eigenvalue weighted by atomic mass is 16.5. The van der Waals surface area contributed by atoms with Crippen LogP contribution in [0.5, 0.6) is 17.2 Å². The van der Waals surface area contributed by atoms with Gasteiger partial charge in [0.25, 0.3) is 5.56 Å². The van der Waals surface area contributed by atoms with E-state index in [1.165, 1.54) is 18.0 Å². The molecule has 4 rings (SSSR count). The Morgan fingerprint density at radius 1 is 1.03 bits per heavy atom. The minimum atomic E-state index is -0.328. The van der Waals surface area contributed by atoms with E-state index in [1.54, 1.807) is 36.4 Å². The van der Waals surface area contributed by atoms with Gasteiger partial charge < -0.3 is 14.6 Å². The van der Waals surface area contributed by atoms with Crippen LogP contribution in [-0.4, -0.2) is 28.1 Å². The van der Waals surface area contributed by atoms with Crippen LogP contribution < -0.4 is 15.0 Å². The van der Waals surface area contributed by atoms with Crippen molar-refractivity contribution >= 4 is 17.1 Å². The van der Waals surface area contributed by atoms with Crippen molar-refractivity contribution < 1.29 is 14.6 Å². The van der Waals surface area contributed by atoms with Crippen molar-refractivity contribution in [3.05, 3.63) is 94.5 Å². The molecule has 1 aromatic heterocycles. The van der Waals surface area contributed by atoms with Crippen LogP contribution in [0.25, 0.3) is 10.9 Å². The molecule has 0 saturated carbocycles. The largest absolute Gasteiger partial charge is 0.504 e. The third-order valence-corrected chi connectivity index (χ3v) is 4.49. The average molecular weight is 401 g/mol. The number of phenols is 1. The maximum atomic E-state index is 13.1. The number of hydrogen-bond donors (Lipinski definition) is 1. The van der Waals surface area contributed by atoms with Crippen LogP contribution in [0, 0.1) is 0 Å². The fraction of sp³-hybridized carbons (Fsp3) is 0.0870. The number of nitrogens with zero attached hydrogens (tertiary/aromatic N) is 3. The molecule has 0 aliphatic heterocycles. The molecule has 0 atom stereocenters. The molecule has 150 valence electrons. The summed E-state index contributed by atoms with van der Waals surface area (Å²) >= 11 is 0. The second-order valence-corrected chi connectivity index (χ2v) is 6.41. The number of hydrogen-bond acceptors (Lipinski definition) is 6. The lowest BCUT2D eigenvalue weighted by atomic mass is 10.2. The molecule has 7 nitrogen and oxygen atoms in total. The SMILES string of the molecule is COc1cccc(/C=N\n2c(COc3ccccc3)nc3ccccc3c2=O)c1O. The molecule has 0 bridgehead atoms. The maximum Gasteiger partial charge on any atom is 0.282 e. The molecule has 3 aromatic carbocycles. The summed E-state index contributed by atoms with van der Waals surface area (Å²) in [7, 11) is 1.47. The molecule has 0 aliphatic carbocycles. The van der Waals surface area contributed by atoms with Crippen molar-refractivity contribution in [2.45, 2.75) is 6.61 Å². The molecule has 1 heterocycles. The molecule has 0 aliphatic rings. The number of phenolic OH excluding ortho intramolecular Hbond substituents is 1.